The van der Waals surface area contributed by atoms with Gasteiger partial charge in [0.1, 0.15) is 0 Å². The molecule has 3 nitrogen and oxygen atoms in total. The van der Waals surface area contributed by atoms with Crippen LogP contribution in [0.3, 0.4) is 0 Å². The Morgan fingerprint density at radius 1 is 1.38 bits per heavy atom. The zero-order valence-electron chi connectivity index (χ0n) is 12.5. The molecule has 21 heavy (non-hydrogen) atoms. The van der Waals surface area contributed by atoms with Crippen LogP contribution in [0.15, 0.2) is 18.2 Å². The van der Waals surface area contributed by atoms with E-state index < -0.39 is 0 Å². The third-order valence-electron chi connectivity index (χ3n) is 5.39. The molecule has 1 spiro atoms. The van der Waals surface area contributed by atoms with Gasteiger partial charge in [-0.3, -0.25) is 4.90 Å². The van der Waals surface area contributed by atoms with E-state index in [1.165, 1.54) is 48.4 Å². The largest absolute Gasteiger partial charge is 0.398 e. The summed E-state index contributed by atoms with van der Waals surface area (Å²) in [6.07, 6.45) is 4.76. The topological polar surface area (TPSA) is 38.5 Å². The maximum absolute atomic E-state index is 6.19. The Balaban J connectivity index is 1.51. The average molecular weight is 304 g/mol. The van der Waals surface area contributed by atoms with Crippen molar-refractivity contribution in [3.63, 3.8) is 0 Å². The van der Waals surface area contributed by atoms with Crippen LogP contribution in [0.25, 0.3) is 0 Å². The Bertz CT molecular complexity index is 528. The van der Waals surface area contributed by atoms with E-state index in [9.17, 15) is 0 Å². The molecule has 0 saturated carbocycles. The van der Waals surface area contributed by atoms with E-state index >= 15 is 0 Å². The van der Waals surface area contributed by atoms with Crippen LogP contribution in [-0.2, 0) is 17.7 Å². The van der Waals surface area contributed by atoms with E-state index in [0.29, 0.717) is 6.04 Å². The van der Waals surface area contributed by atoms with Gasteiger partial charge in [-0.2, -0.15) is 11.8 Å². The molecule has 0 aliphatic carbocycles. The molecule has 2 atom stereocenters. The van der Waals surface area contributed by atoms with Crippen LogP contribution in [0, 0.1) is 0 Å². The van der Waals surface area contributed by atoms with E-state index in [2.05, 4.69) is 28.8 Å². The first-order valence-corrected chi connectivity index (χ1v) is 9.23. The monoisotopic (exact) mass is 304 g/mol. The fraction of sp³-hybridized carbons (Fsp3) is 0.647. The SMILES string of the molecule is Nc1cccc2c1CN(C1CCOC3(CCSC3)C1)CC2. The Labute approximate surface area is 131 Å². The van der Waals surface area contributed by atoms with Crippen LogP contribution in [-0.4, -0.2) is 41.2 Å². The zero-order valence-corrected chi connectivity index (χ0v) is 13.3. The number of fused-ring (bicyclic) bond motifs is 1. The van der Waals surface area contributed by atoms with Crippen molar-refractivity contribution in [2.24, 2.45) is 0 Å². The lowest BCUT2D eigenvalue weighted by Gasteiger charge is -2.44. The summed E-state index contributed by atoms with van der Waals surface area (Å²) in [5.41, 5.74) is 10.2. The van der Waals surface area contributed by atoms with Gasteiger partial charge in [0.05, 0.1) is 5.60 Å². The normalized spacial score (nSPS) is 33.2. The highest BCUT2D eigenvalue weighted by molar-refractivity contribution is 7.99. The highest BCUT2D eigenvalue weighted by atomic mass is 32.2. The maximum Gasteiger partial charge on any atom is 0.0795 e. The first-order chi connectivity index (χ1) is 10.3. The molecule has 2 N–H and O–H groups in total. The molecule has 3 aliphatic rings. The lowest BCUT2D eigenvalue weighted by molar-refractivity contribution is -0.0913. The van der Waals surface area contributed by atoms with Gasteiger partial charge in [-0.25, -0.2) is 0 Å². The van der Waals surface area contributed by atoms with E-state index in [4.69, 9.17) is 10.5 Å². The molecule has 114 valence electrons. The number of nitrogens with zero attached hydrogens (tertiary/aromatic N) is 1. The number of rotatable bonds is 1. The number of hydrogen-bond acceptors (Lipinski definition) is 4. The third kappa shape index (κ3) is 2.58. The van der Waals surface area contributed by atoms with Gasteiger partial charge in [-0.05, 0) is 48.6 Å². The van der Waals surface area contributed by atoms with Gasteiger partial charge in [0.15, 0.2) is 0 Å². The molecule has 3 heterocycles. The number of nitrogens with two attached hydrogens (primary N) is 1. The Hall–Kier alpha value is -0.710. The number of ether oxygens (including phenoxy) is 1. The van der Waals surface area contributed by atoms with Gasteiger partial charge in [0, 0.05) is 37.2 Å². The predicted octanol–water partition coefficient (Wildman–Crippen LogP) is 2.68. The van der Waals surface area contributed by atoms with Crippen molar-refractivity contribution in [1.82, 2.24) is 4.90 Å². The summed E-state index contributed by atoms with van der Waals surface area (Å²) in [4.78, 5) is 2.66. The highest BCUT2D eigenvalue weighted by Gasteiger charge is 2.42. The summed E-state index contributed by atoms with van der Waals surface area (Å²) in [6.45, 7) is 3.12. The van der Waals surface area contributed by atoms with Gasteiger partial charge in [0.2, 0.25) is 0 Å². The summed E-state index contributed by atoms with van der Waals surface area (Å²) in [7, 11) is 0. The van der Waals surface area contributed by atoms with Crippen LogP contribution in [0.4, 0.5) is 5.69 Å². The first kappa shape index (κ1) is 13.9. The van der Waals surface area contributed by atoms with Crippen LogP contribution < -0.4 is 5.73 Å². The predicted molar refractivity (Wildman–Crippen MR) is 88.6 cm³/mol. The summed E-state index contributed by atoms with van der Waals surface area (Å²) < 4.78 is 6.17. The minimum absolute atomic E-state index is 0.177. The van der Waals surface area contributed by atoms with Crippen molar-refractivity contribution in [2.75, 3.05) is 30.4 Å². The van der Waals surface area contributed by atoms with Crippen molar-refractivity contribution in [1.29, 1.82) is 0 Å². The molecule has 3 aliphatic heterocycles. The summed E-state index contributed by atoms with van der Waals surface area (Å²) in [5.74, 6) is 2.46. The number of thioether (sulfide) groups is 1. The van der Waals surface area contributed by atoms with Gasteiger partial charge in [0.25, 0.3) is 0 Å². The Kier molecular flexibility index (Phi) is 3.64. The van der Waals surface area contributed by atoms with Crippen molar-refractivity contribution in [3.05, 3.63) is 29.3 Å². The van der Waals surface area contributed by atoms with E-state index in [0.717, 1.165) is 25.3 Å². The average Bonchev–Trinajstić information content (AvgIpc) is 2.95. The fourth-order valence-corrected chi connectivity index (χ4v) is 5.49. The molecule has 1 aromatic carbocycles. The fourth-order valence-electron chi connectivity index (χ4n) is 4.12. The van der Waals surface area contributed by atoms with E-state index in [-0.39, 0.29) is 5.60 Å². The zero-order chi connectivity index (χ0) is 14.3. The molecule has 0 bridgehead atoms. The molecule has 4 heteroatoms. The van der Waals surface area contributed by atoms with Gasteiger partial charge >= 0.3 is 0 Å². The molecular weight excluding hydrogens is 280 g/mol. The second kappa shape index (κ2) is 5.49. The Morgan fingerprint density at radius 3 is 3.19 bits per heavy atom. The van der Waals surface area contributed by atoms with Gasteiger partial charge < -0.3 is 10.5 Å². The number of hydrogen-bond donors (Lipinski definition) is 1. The molecule has 2 fully saturated rings. The summed E-state index contributed by atoms with van der Waals surface area (Å²) >= 11 is 2.06. The van der Waals surface area contributed by atoms with Crippen LogP contribution in [0.2, 0.25) is 0 Å². The highest BCUT2D eigenvalue weighted by Crippen LogP contribution is 2.40. The third-order valence-corrected chi connectivity index (χ3v) is 6.61. The summed E-state index contributed by atoms with van der Waals surface area (Å²) in [5, 5.41) is 0. The minimum Gasteiger partial charge on any atom is -0.398 e. The van der Waals surface area contributed by atoms with Gasteiger partial charge in [-0.15, -0.1) is 0 Å². The lowest BCUT2D eigenvalue weighted by atomic mass is 9.87. The van der Waals surface area contributed by atoms with E-state index in [1.54, 1.807) is 0 Å². The smallest absolute Gasteiger partial charge is 0.0795 e. The molecule has 4 rings (SSSR count). The Morgan fingerprint density at radius 2 is 2.33 bits per heavy atom. The van der Waals surface area contributed by atoms with Crippen LogP contribution in [0.1, 0.15) is 30.4 Å². The van der Waals surface area contributed by atoms with Crippen molar-refractivity contribution in [2.45, 2.75) is 43.9 Å². The quantitative estimate of drug-likeness (QED) is 0.810. The molecule has 0 amide bonds. The van der Waals surface area contributed by atoms with Crippen LogP contribution in [0.5, 0.6) is 0 Å². The lowest BCUT2D eigenvalue weighted by Crippen LogP contribution is -2.50. The molecule has 2 saturated heterocycles. The molecule has 0 aromatic heterocycles. The second-order valence-corrected chi connectivity index (χ2v) is 7.79. The van der Waals surface area contributed by atoms with Crippen LogP contribution >= 0.6 is 11.8 Å². The minimum atomic E-state index is 0.177. The number of nitrogen functional groups attached to an aromatic ring is 1. The van der Waals surface area contributed by atoms with Crippen molar-refractivity contribution >= 4 is 17.4 Å². The summed E-state index contributed by atoms with van der Waals surface area (Å²) in [6, 6.07) is 7.04. The molecular formula is C17H24N2OS. The maximum atomic E-state index is 6.19. The second-order valence-electron chi connectivity index (χ2n) is 6.69. The first-order valence-electron chi connectivity index (χ1n) is 8.08. The molecule has 2 unspecified atom stereocenters. The standard InChI is InChI=1S/C17H24N2OS/c18-16-3-1-2-13-4-7-19(11-15(13)16)14-5-8-20-17(10-14)6-9-21-12-17/h1-3,14H,4-12,18H2. The van der Waals surface area contributed by atoms with Crippen molar-refractivity contribution < 1.29 is 4.74 Å². The van der Waals surface area contributed by atoms with Gasteiger partial charge in [-0.1, -0.05) is 12.1 Å². The number of benzene rings is 1. The number of anilines is 1. The molecule has 0 radical (unpaired) electrons. The van der Waals surface area contributed by atoms with Crippen molar-refractivity contribution in [3.8, 4) is 0 Å². The van der Waals surface area contributed by atoms with E-state index in [1.807, 2.05) is 6.07 Å². The molecule has 1 aromatic rings.